The fraction of sp³-hybridized carbons (Fsp3) is 0.435. The third-order valence-corrected chi connectivity index (χ3v) is 6.89. The predicted molar refractivity (Wildman–Crippen MR) is 118 cm³/mol. The maximum absolute atomic E-state index is 6.57. The van der Waals surface area contributed by atoms with E-state index in [0.29, 0.717) is 28.4 Å². The summed E-state index contributed by atoms with van der Waals surface area (Å²) in [6.07, 6.45) is 2.46. The number of fused-ring (bicyclic) bond motifs is 1. The molecule has 162 valence electrons. The normalized spacial score (nSPS) is 18.5. The molecule has 3 aromatic heterocycles. The minimum atomic E-state index is 0.507. The van der Waals surface area contributed by atoms with Crippen molar-refractivity contribution >= 4 is 17.3 Å². The van der Waals surface area contributed by atoms with Crippen LogP contribution in [0.1, 0.15) is 48.9 Å². The number of halogens is 1. The lowest BCUT2D eigenvalue weighted by molar-refractivity contribution is -0.751. The first-order valence-corrected chi connectivity index (χ1v) is 11.0. The molecule has 1 fully saturated rings. The Bertz CT molecular complexity index is 1320. The van der Waals surface area contributed by atoms with Gasteiger partial charge in [0.2, 0.25) is 11.5 Å². The molecule has 4 aromatic rings. The largest absolute Gasteiger partial charge is 0.497 e. The quantitative estimate of drug-likeness (QED) is 0.422. The minimum Gasteiger partial charge on any atom is -0.497 e. The lowest BCUT2D eigenvalue weighted by atomic mass is 9.81. The topological polar surface area (TPSA) is 61.4 Å². The van der Waals surface area contributed by atoms with E-state index in [1.807, 2.05) is 35.2 Å². The highest BCUT2D eigenvalue weighted by atomic mass is 35.5. The van der Waals surface area contributed by atoms with E-state index in [2.05, 4.69) is 25.3 Å². The van der Waals surface area contributed by atoms with Gasteiger partial charge in [-0.2, -0.15) is 9.61 Å². The van der Waals surface area contributed by atoms with Crippen LogP contribution in [-0.4, -0.2) is 26.5 Å². The minimum absolute atomic E-state index is 0.507. The van der Waals surface area contributed by atoms with Crippen molar-refractivity contribution in [2.75, 3.05) is 7.11 Å². The van der Waals surface area contributed by atoms with Crippen LogP contribution < -0.4 is 9.30 Å². The SMILES string of the molecule is COc1ccc(-c2c(C)oc3c(-n4nc(C)[n+](C5CCC5C)c4C)c(C)nn23)c(Cl)c1. The molecule has 0 aliphatic heterocycles. The summed E-state index contributed by atoms with van der Waals surface area (Å²) >= 11 is 6.57. The monoisotopic (exact) mass is 440 g/mol. The first kappa shape index (κ1) is 20.1. The molecule has 31 heavy (non-hydrogen) atoms. The van der Waals surface area contributed by atoms with Crippen LogP contribution in [0.2, 0.25) is 5.02 Å². The van der Waals surface area contributed by atoms with E-state index in [1.165, 1.54) is 12.8 Å². The molecule has 1 aliphatic rings. The summed E-state index contributed by atoms with van der Waals surface area (Å²) in [5.41, 5.74) is 4.06. The summed E-state index contributed by atoms with van der Waals surface area (Å²) in [5, 5.41) is 10.3. The Balaban J connectivity index is 1.69. The Morgan fingerprint density at radius 2 is 1.94 bits per heavy atom. The Kier molecular flexibility index (Phi) is 4.62. The molecule has 0 bridgehead atoms. The summed E-state index contributed by atoms with van der Waals surface area (Å²) in [7, 11) is 1.63. The average molecular weight is 441 g/mol. The third kappa shape index (κ3) is 2.90. The van der Waals surface area contributed by atoms with Crippen LogP contribution in [0, 0.1) is 33.6 Å². The lowest BCUT2D eigenvalue weighted by Gasteiger charge is -2.32. The number of ether oxygens (including phenoxy) is 1. The molecule has 2 atom stereocenters. The van der Waals surface area contributed by atoms with Crippen LogP contribution in [0.3, 0.4) is 0 Å². The van der Waals surface area contributed by atoms with Gasteiger partial charge in [-0.15, -0.1) is 0 Å². The molecule has 1 aromatic carbocycles. The van der Waals surface area contributed by atoms with Crippen LogP contribution in [0.4, 0.5) is 0 Å². The predicted octanol–water partition coefficient (Wildman–Crippen LogP) is 4.93. The van der Waals surface area contributed by atoms with E-state index < -0.39 is 0 Å². The lowest BCUT2D eigenvalue weighted by Crippen LogP contribution is -2.51. The number of aromatic nitrogens is 5. The van der Waals surface area contributed by atoms with Gasteiger partial charge in [-0.05, 0) is 50.8 Å². The second kappa shape index (κ2) is 7.12. The highest BCUT2D eigenvalue weighted by molar-refractivity contribution is 6.33. The molecule has 1 saturated carbocycles. The summed E-state index contributed by atoms with van der Waals surface area (Å²) in [6, 6.07) is 6.13. The van der Waals surface area contributed by atoms with Gasteiger partial charge in [0.05, 0.1) is 18.2 Å². The molecule has 0 spiro atoms. The second-order valence-corrected chi connectivity index (χ2v) is 8.91. The molecule has 8 heteroatoms. The third-order valence-electron chi connectivity index (χ3n) is 6.58. The molecular weight excluding hydrogens is 414 g/mol. The summed E-state index contributed by atoms with van der Waals surface area (Å²) < 4.78 is 17.7. The Morgan fingerprint density at radius 3 is 2.55 bits per heavy atom. The van der Waals surface area contributed by atoms with Crippen LogP contribution >= 0.6 is 11.6 Å². The highest BCUT2D eigenvalue weighted by Crippen LogP contribution is 2.38. The Morgan fingerprint density at radius 1 is 1.16 bits per heavy atom. The van der Waals surface area contributed by atoms with E-state index in [9.17, 15) is 0 Å². The van der Waals surface area contributed by atoms with Crippen LogP contribution in [0.15, 0.2) is 22.6 Å². The van der Waals surface area contributed by atoms with Gasteiger partial charge in [-0.25, -0.2) is 4.57 Å². The van der Waals surface area contributed by atoms with Crippen molar-refractivity contribution in [2.24, 2.45) is 5.92 Å². The van der Waals surface area contributed by atoms with E-state index in [-0.39, 0.29) is 0 Å². The van der Waals surface area contributed by atoms with Gasteiger partial charge in [0.15, 0.2) is 0 Å². The Labute approximate surface area is 186 Å². The zero-order valence-electron chi connectivity index (χ0n) is 18.7. The van der Waals surface area contributed by atoms with Crippen molar-refractivity contribution in [1.82, 2.24) is 19.4 Å². The molecule has 0 amide bonds. The van der Waals surface area contributed by atoms with E-state index >= 15 is 0 Å². The van der Waals surface area contributed by atoms with E-state index in [1.54, 1.807) is 13.2 Å². The molecule has 2 unspecified atom stereocenters. The molecule has 3 heterocycles. The van der Waals surface area contributed by atoms with Gasteiger partial charge < -0.3 is 9.15 Å². The summed E-state index contributed by atoms with van der Waals surface area (Å²) in [6.45, 7) is 10.4. The zero-order chi connectivity index (χ0) is 22.0. The van der Waals surface area contributed by atoms with Gasteiger partial charge >= 0.3 is 0 Å². The van der Waals surface area contributed by atoms with Crippen molar-refractivity contribution in [1.29, 1.82) is 0 Å². The first-order chi connectivity index (χ1) is 14.8. The molecule has 7 nitrogen and oxygen atoms in total. The maximum Gasteiger partial charge on any atom is 0.275 e. The standard InChI is InChI=1S/C23H27ClN5O2/c1-12-7-10-20(12)27-15(4)26-28(16(27)5)21-13(2)25-29-22(14(3)31-23(21)29)18-9-8-17(30-6)11-19(18)24/h8-9,11-12,20H,7,10H2,1-6H3/q+1. The van der Waals surface area contributed by atoms with Crippen molar-refractivity contribution in [3.63, 3.8) is 0 Å². The van der Waals surface area contributed by atoms with Crippen LogP contribution in [0.5, 0.6) is 5.75 Å². The van der Waals surface area contributed by atoms with Gasteiger partial charge in [-0.3, -0.25) is 0 Å². The van der Waals surface area contributed by atoms with Crippen LogP contribution in [0.25, 0.3) is 22.7 Å². The smallest absolute Gasteiger partial charge is 0.275 e. The molecule has 1 aliphatic carbocycles. The summed E-state index contributed by atoms with van der Waals surface area (Å²) in [5.74, 6) is 4.22. The average Bonchev–Trinajstić information content (AvgIpc) is 3.30. The van der Waals surface area contributed by atoms with Crippen molar-refractivity contribution in [3.05, 3.63) is 46.3 Å². The Hall–Kier alpha value is -2.80. The van der Waals surface area contributed by atoms with Crippen molar-refractivity contribution in [2.45, 2.75) is 53.5 Å². The number of hydrogen-bond donors (Lipinski definition) is 0. The number of hydrogen-bond acceptors (Lipinski definition) is 4. The molecule has 0 radical (unpaired) electrons. The van der Waals surface area contributed by atoms with Gasteiger partial charge in [0, 0.05) is 24.5 Å². The summed E-state index contributed by atoms with van der Waals surface area (Å²) in [4.78, 5) is 0. The maximum atomic E-state index is 6.57. The van der Waals surface area contributed by atoms with Crippen LogP contribution in [-0.2, 0) is 0 Å². The second-order valence-electron chi connectivity index (χ2n) is 8.50. The number of nitrogens with zero attached hydrogens (tertiary/aromatic N) is 5. The number of aryl methyl sites for hydroxylation is 3. The van der Waals surface area contributed by atoms with E-state index in [0.717, 1.165) is 40.0 Å². The zero-order valence-corrected chi connectivity index (χ0v) is 19.5. The fourth-order valence-corrected chi connectivity index (χ4v) is 5.03. The highest BCUT2D eigenvalue weighted by Gasteiger charge is 2.38. The number of benzene rings is 1. The fourth-order valence-electron chi connectivity index (χ4n) is 4.77. The molecule has 5 rings (SSSR count). The molecule has 0 saturated heterocycles. The van der Waals surface area contributed by atoms with E-state index in [4.69, 9.17) is 31.0 Å². The van der Waals surface area contributed by atoms with Crippen molar-refractivity contribution in [3.8, 4) is 22.7 Å². The molecular formula is C23H27ClN5O2+. The first-order valence-electron chi connectivity index (χ1n) is 10.6. The number of rotatable bonds is 4. The van der Waals surface area contributed by atoms with Crippen molar-refractivity contribution < 1.29 is 13.7 Å². The van der Waals surface area contributed by atoms with Gasteiger partial charge in [0.25, 0.3) is 11.5 Å². The number of oxazole rings is 1. The number of methoxy groups -OCH3 is 1. The molecule has 0 N–H and O–H groups in total. The van der Waals surface area contributed by atoms with Gasteiger partial charge in [-0.1, -0.05) is 23.2 Å². The van der Waals surface area contributed by atoms with Gasteiger partial charge in [0.1, 0.15) is 22.9 Å².